The van der Waals surface area contributed by atoms with E-state index in [2.05, 4.69) is 19.2 Å². The van der Waals surface area contributed by atoms with Gasteiger partial charge in [0.05, 0.1) is 0 Å². The third-order valence-electron chi connectivity index (χ3n) is 3.68. The maximum atomic E-state index is 13.7. The van der Waals surface area contributed by atoms with Crippen molar-refractivity contribution in [3.63, 3.8) is 0 Å². The highest BCUT2D eigenvalue weighted by Gasteiger charge is 2.23. The van der Waals surface area contributed by atoms with E-state index in [1.807, 2.05) is 0 Å². The van der Waals surface area contributed by atoms with Gasteiger partial charge in [0.2, 0.25) is 0 Å². The topological polar surface area (TPSA) is 12.0 Å². The van der Waals surface area contributed by atoms with Gasteiger partial charge in [0, 0.05) is 11.1 Å². The molecule has 2 rings (SSSR count). The first-order valence-electron chi connectivity index (χ1n) is 6.73. The molecule has 1 aliphatic rings. The molecule has 0 spiro atoms. The molecule has 1 fully saturated rings. The van der Waals surface area contributed by atoms with Crippen LogP contribution in [0.5, 0.6) is 0 Å². The summed E-state index contributed by atoms with van der Waals surface area (Å²) in [6.07, 6.45) is 3.33. The molecule has 0 amide bonds. The summed E-state index contributed by atoms with van der Waals surface area (Å²) in [7, 11) is 0. The van der Waals surface area contributed by atoms with Crippen LogP contribution in [0.25, 0.3) is 0 Å². The van der Waals surface area contributed by atoms with Gasteiger partial charge in [-0.1, -0.05) is 25.4 Å². The number of hydrogen-bond acceptors (Lipinski definition) is 1. The molecule has 1 unspecified atom stereocenters. The van der Waals surface area contributed by atoms with Gasteiger partial charge in [-0.05, 0) is 61.4 Å². The highest BCUT2D eigenvalue weighted by Crippen LogP contribution is 2.24. The molecule has 1 aliphatic carbocycles. The highest BCUT2D eigenvalue weighted by atomic mass is 35.5. The minimum absolute atomic E-state index is 0.142. The monoisotopic (exact) mass is 269 g/mol. The third-order valence-corrected chi connectivity index (χ3v) is 3.91. The van der Waals surface area contributed by atoms with E-state index >= 15 is 0 Å². The molecule has 100 valence electrons. The van der Waals surface area contributed by atoms with Crippen molar-refractivity contribution in [2.24, 2.45) is 11.8 Å². The van der Waals surface area contributed by atoms with Crippen molar-refractivity contribution < 1.29 is 4.39 Å². The van der Waals surface area contributed by atoms with Crippen molar-refractivity contribution in [3.8, 4) is 0 Å². The number of halogens is 2. The van der Waals surface area contributed by atoms with Crippen LogP contribution in [0.1, 0.15) is 32.3 Å². The molecular weight excluding hydrogens is 249 g/mol. The second-order valence-electron chi connectivity index (χ2n) is 5.63. The van der Waals surface area contributed by atoms with E-state index in [9.17, 15) is 4.39 Å². The maximum Gasteiger partial charge on any atom is 0.126 e. The quantitative estimate of drug-likeness (QED) is 0.822. The molecule has 1 aromatic rings. The summed E-state index contributed by atoms with van der Waals surface area (Å²) < 4.78 is 13.7. The van der Waals surface area contributed by atoms with Gasteiger partial charge in [0.25, 0.3) is 0 Å². The predicted octanol–water partition coefficient (Wildman–Crippen LogP) is 4.05. The van der Waals surface area contributed by atoms with Crippen LogP contribution in [-0.2, 0) is 6.42 Å². The first-order chi connectivity index (χ1) is 8.56. The molecule has 0 bridgehead atoms. The van der Waals surface area contributed by atoms with E-state index in [1.165, 1.54) is 18.9 Å². The highest BCUT2D eigenvalue weighted by molar-refractivity contribution is 6.30. The SMILES string of the molecule is CC(C)C(CNC1CC1)Cc1cc(Cl)ccc1F. The van der Waals surface area contributed by atoms with Gasteiger partial charge in [-0.25, -0.2) is 4.39 Å². The van der Waals surface area contributed by atoms with Crippen molar-refractivity contribution >= 4 is 11.6 Å². The van der Waals surface area contributed by atoms with Gasteiger partial charge in [0.15, 0.2) is 0 Å². The van der Waals surface area contributed by atoms with Gasteiger partial charge in [-0.2, -0.15) is 0 Å². The Kier molecular flexibility index (Phi) is 4.63. The lowest BCUT2D eigenvalue weighted by Gasteiger charge is -2.22. The van der Waals surface area contributed by atoms with Crippen LogP contribution in [0, 0.1) is 17.7 Å². The molecular formula is C15H21ClFN. The average Bonchev–Trinajstić information content (AvgIpc) is 3.12. The zero-order chi connectivity index (χ0) is 13.1. The fourth-order valence-electron chi connectivity index (χ4n) is 2.13. The largest absolute Gasteiger partial charge is 0.314 e. The van der Waals surface area contributed by atoms with E-state index in [4.69, 9.17) is 11.6 Å². The maximum absolute atomic E-state index is 13.7. The zero-order valence-electron chi connectivity index (χ0n) is 11.0. The van der Waals surface area contributed by atoms with E-state index in [0.717, 1.165) is 18.5 Å². The van der Waals surface area contributed by atoms with Crippen LogP contribution in [0.2, 0.25) is 5.02 Å². The minimum atomic E-state index is -0.142. The van der Waals surface area contributed by atoms with E-state index in [0.29, 0.717) is 22.9 Å². The Morgan fingerprint density at radius 3 is 2.72 bits per heavy atom. The third kappa shape index (κ3) is 3.96. The molecule has 18 heavy (non-hydrogen) atoms. The summed E-state index contributed by atoms with van der Waals surface area (Å²) in [6, 6.07) is 5.52. The van der Waals surface area contributed by atoms with Crippen LogP contribution >= 0.6 is 11.6 Å². The zero-order valence-corrected chi connectivity index (χ0v) is 11.8. The Bertz CT molecular complexity index is 401. The van der Waals surface area contributed by atoms with Crippen molar-refractivity contribution in [2.45, 2.75) is 39.2 Å². The Hall–Kier alpha value is -0.600. The second kappa shape index (κ2) is 6.03. The first-order valence-corrected chi connectivity index (χ1v) is 7.11. The predicted molar refractivity (Wildman–Crippen MR) is 74.5 cm³/mol. The Morgan fingerprint density at radius 2 is 2.11 bits per heavy atom. The van der Waals surface area contributed by atoms with E-state index in [-0.39, 0.29) is 5.82 Å². The van der Waals surface area contributed by atoms with Crippen LogP contribution < -0.4 is 5.32 Å². The Morgan fingerprint density at radius 1 is 1.39 bits per heavy atom. The molecule has 1 saturated carbocycles. The van der Waals surface area contributed by atoms with Gasteiger partial charge in [-0.3, -0.25) is 0 Å². The molecule has 0 saturated heterocycles. The molecule has 1 aromatic carbocycles. The first kappa shape index (κ1) is 13.8. The normalized spacial score (nSPS) is 17.2. The van der Waals surface area contributed by atoms with Crippen LogP contribution in [0.15, 0.2) is 18.2 Å². The van der Waals surface area contributed by atoms with Crippen molar-refractivity contribution in [1.82, 2.24) is 5.32 Å². The van der Waals surface area contributed by atoms with Gasteiger partial charge in [0.1, 0.15) is 5.82 Å². The lowest BCUT2D eigenvalue weighted by atomic mass is 9.89. The number of hydrogen-bond donors (Lipinski definition) is 1. The molecule has 1 atom stereocenters. The Balaban J connectivity index is 1.99. The lowest BCUT2D eigenvalue weighted by molar-refractivity contribution is 0.355. The molecule has 1 N–H and O–H groups in total. The summed E-state index contributed by atoms with van der Waals surface area (Å²) in [4.78, 5) is 0. The van der Waals surface area contributed by atoms with Gasteiger partial charge in [-0.15, -0.1) is 0 Å². The minimum Gasteiger partial charge on any atom is -0.314 e. The van der Waals surface area contributed by atoms with Gasteiger partial charge >= 0.3 is 0 Å². The standard InChI is InChI=1S/C15H21ClFN/c1-10(2)12(9-18-14-4-5-14)7-11-8-13(16)3-6-15(11)17/h3,6,8,10,12,14,18H,4-5,7,9H2,1-2H3. The molecule has 0 heterocycles. The van der Waals surface area contributed by atoms with Crippen LogP contribution in [0.3, 0.4) is 0 Å². The van der Waals surface area contributed by atoms with Crippen molar-refractivity contribution in [1.29, 1.82) is 0 Å². The summed E-state index contributed by atoms with van der Waals surface area (Å²) >= 11 is 5.94. The lowest BCUT2D eigenvalue weighted by Crippen LogP contribution is -2.29. The summed E-state index contributed by atoms with van der Waals surface area (Å²) in [5.41, 5.74) is 0.735. The Labute approximate surface area is 114 Å². The summed E-state index contributed by atoms with van der Waals surface area (Å²) in [5.74, 6) is 0.852. The summed E-state index contributed by atoms with van der Waals surface area (Å²) in [6.45, 7) is 5.36. The average molecular weight is 270 g/mol. The number of benzene rings is 1. The van der Waals surface area contributed by atoms with Crippen LogP contribution in [-0.4, -0.2) is 12.6 Å². The smallest absolute Gasteiger partial charge is 0.126 e. The number of rotatable bonds is 6. The fraction of sp³-hybridized carbons (Fsp3) is 0.600. The van der Waals surface area contributed by atoms with Crippen LogP contribution in [0.4, 0.5) is 4.39 Å². The molecule has 1 nitrogen and oxygen atoms in total. The molecule has 0 radical (unpaired) electrons. The van der Waals surface area contributed by atoms with Crippen molar-refractivity contribution in [3.05, 3.63) is 34.6 Å². The molecule has 0 aromatic heterocycles. The van der Waals surface area contributed by atoms with Crippen molar-refractivity contribution in [2.75, 3.05) is 6.54 Å². The summed E-state index contributed by atoms with van der Waals surface area (Å²) in [5, 5.41) is 4.15. The fourth-order valence-corrected chi connectivity index (χ4v) is 2.33. The van der Waals surface area contributed by atoms with E-state index < -0.39 is 0 Å². The number of nitrogens with one attached hydrogen (secondary N) is 1. The van der Waals surface area contributed by atoms with Gasteiger partial charge < -0.3 is 5.32 Å². The molecule has 3 heteroatoms. The second-order valence-corrected chi connectivity index (χ2v) is 6.06. The molecule has 0 aliphatic heterocycles. The van der Waals surface area contributed by atoms with E-state index in [1.54, 1.807) is 12.1 Å².